The van der Waals surface area contributed by atoms with Gasteiger partial charge in [-0.05, 0) is 19.4 Å². The number of aryl methyl sites for hydroxylation is 2. The number of H-pyrrole nitrogens is 1. The summed E-state index contributed by atoms with van der Waals surface area (Å²) in [7, 11) is 0. The Balaban J connectivity index is 1.82. The molecule has 1 aromatic carbocycles. The molecule has 4 nitrogen and oxygen atoms in total. The first kappa shape index (κ1) is 13.3. The SMILES string of the molecule is Cc1ccccc1-c1nc(CN2CCNCC2)c(C)[nH]1. The summed E-state index contributed by atoms with van der Waals surface area (Å²) in [5.74, 6) is 0.991. The van der Waals surface area contributed by atoms with E-state index in [1.807, 2.05) is 0 Å². The van der Waals surface area contributed by atoms with Gasteiger partial charge in [-0.2, -0.15) is 0 Å². The van der Waals surface area contributed by atoms with Gasteiger partial charge in [-0.25, -0.2) is 4.98 Å². The molecule has 0 aliphatic carbocycles. The topological polar surface area (TPSA) is 44.0 Å². The highest BCUT2D eigenvalue weighted by Gasteiger charge is 2.15. The standard InChI is InChI=1S/C16H22N4/c1-12-5-3-4-6-14(12)16-18-13(2)15(19-16)11-20-9-7-17-8-10-20/h3-6,17H,7-11H2,1-2H3,(H,18,19). The van der Waals surface area contributed by atoms with Crippen LogP contribution < -0.4 is 5.32 Å². The van der Waals surface area contributed by atoms with E-state index in [1.54, 1.807) is 0 Å². The fraction of sp³-hybridized carbons (Fsp3) is 0.438. The number of hydrogen-bond acceptors (Lipinski definition) is 3. The molecule has 0 atom stereocenters. The lowest BCUT2D eigenvalue weighted by atomic mass is 10.1. The van der Waals surface area contributed by atoms with Crippen molar-refractivity contribution in [1.29, 1.82) is 0 Å². The summed E-state index contributed by atoms with van der Waals surface area (Å²) >= 11 is 0. The van der Waals surface area contributed by atoms with Gasteiger partial charge in [0.05, 0.1) is 5.69 Å². The summed E-state index contributed by atoms with van der Waals surface area (Å²) < 4.78 is 0. The summed E-state index contributed by atoms with van der Waals surface area (Å²) in [4.78, 5) is 10.7. The predicted octanol–water partition coefficient (Wildman–Crippen LogP) is 2.10. The van der Waals surface area contributed by atoms with Gasteiger partial charge < -0.3 is 10.3 Å². The zero-order chi connectivity index (χ0) is 13.9. The van der Waals surface area contributed by atoms with Crippen molar-refractivity contribution in [2.24, 2.45) is 0 Å². The van der Waals surface area contributed by atoms with Gasteiger partial charge >= 0.3 is 0 Å². The second-order valence-electron chi connectivity index (χ2n) is 5.50. The lowest BCUT2D eigenvalue weighted by Gasteiger charge is -2.26. The Labute approximate surface area is 120 Å². The van der Waals surface area contributed by atoms with E-state index < -0.39 is 0 Å². The lowest BCUT2D eigenvalue weighted by Crippen LogP contribution is -2.43. The molecule has 0 bridgehead atoms. The Bertz CT molecular complexity index is 582. The van der Waals surface area contributed by atoms with Gasteiger partial charge in [0.25, 0.3) is 0 Å². The predicted molar refractivity (Wildman–Crippen MR) is 81.6 cm³/mol. The maximum atomic E-state index is 4.82. The van der Waals surface area contributed by atoms with Gasteiger partial charge in [0, 0.05) is 44.0 Å². The number of aromatic amines is 1. The average molecular weight is 270 g/mol. The monoisotopic (exact) mass is 270 g/mol. The fourth-order valence-corrected chi connectivity index (χ4v) is 2.70. The van der Waals surface area contributed by atoms with Crippen LogP contribution in [0, 0.1) is 13.8 Å². The van der Waals surface area contributed by atoms with E-state index >= 15 is 0 Å². The molecule has 0 radical (unpaired) electrons. The molecule has 0 saturated carbocycles. The van der Waals surface area contributed by atoms with Gasteiger partial charge in [-0.15, -0.1) is 0 Å². The van der Waals surface area contributed by atoms with Crippen LogP contribution in [0.1, 0.15) is 17.0 Å². The number of benzene rings is 1. The number of aromatic nitrogens is 2. The van der Waals surface area contributed by atoms with E-state index in [1.165, 1.54) is 22.5 Å². The Hall–Kier alpha value is -1.65. The minimum absolute atomic E-state index is 0.940. The van der Waals surface area contributed by atoms with E-state index in [2.05, 4.69) is 53.3 Å². The number of imidazole rings is 1. The van der Waals surface area contributed by atoms with Gasteiger partial charge in [0.1, 0.15) is 5.82 Å². The molecule has 3 rings (SSSR count). The minimum atomic E-state index is 0.940. The van der Waals surface area contributed by atoms with Crippen LogP contribution in [0.3, 0.4) is 0 Å². The molecule has 1 saturated heterocycles. The number of nitrogens with zero attached hydrogens (tertiary/aromatic N) is 2. The molecule has 1 aliphatic heterocycles. The molecule has 4 heteroatoms. The molecule has 2 N–H and O–H groups in total. The Morgan fingerprint density at radius 3 is 2.65 bits per heavy atom. The third-order valence-corrected chi connectivity index (χ3v) is 3.97. The van der Waals surface area contributed by atoms with Crippen molar-refractivity contribution >= 4 is 0 Å². The van der Waals surface area contributed by atoms with Crippen LogP contribution in [0.25, 0.3) is 11.4 Å². The third kappa shape index (κ3) is 2.76. The number of rotatable bonds is 3. The Morgan fingerprint density at radius 2 is 1.90 bits per heavy atom. The highest BCUT2D eigenvalue weighted by atomic mass is 15.2. The maximum Gasteiger partial charge on any atom is 0.138 e. The van der Waals surface area contributed by atoms with Crippen LogP contribution in [0.4, 0.5) is 0 Å². The number of nitrogens with one attached hydrogen (secondary N) is 2. The summed E-state index contributed by atoms with van der Waals surface area (Å²) in [6.07, 6.45) is 0. The minimum Gasteiger partial charge on any atom is -0.342 e. The molecule has 1 aliphatic rings. The smallest absolute Gasteiger partial charge is 0.138 e. The zero-order valence-electron chi connectivity index (χ0n) is 12.2. The van der Waals surface area contributed by atoms with Crippen LogP contribution in [-0.2, 0) is 6.54 Å². The second-order valence-corrected chi connectivity index (χ2v) is 5.50. The van der Waals surface area contributed by atoms with E-state index in [0.29, 0.717) is 0 Å². The van der Waals surface area contributed by atoms with E-state index in [4.69, 9.17) is 4.98 Å². The van der Waals surface area contributed by atoms with Crippen molar-refractivity contribution < 1.29 is 0 Å². The normalized spacial score (nSPS) is 16.5. The van der Waals surface area contributed by atoms with Gasteiger partial charge in [0.15, 0.2) is 0 Å². The van der Waals surface area contributed by atoms with E-state index in [9.17, 15) is 0 Å². The summed E-state index contributed by atoms with van der Waals surface area (Å²) in [5, 5.41) is 3.38. The van der Waals surface area contributed by atoms with Crippen molar-refractivity contribution in [1.82, 2.24) is 20.2 Å². The number of hydrogen-bond donors (Lipinski definition) is 2. The quantitative estimate of drug-likeness (QED) is 0.897. The van der Waals surface area contributed by atoms with Crippen LogP contribution in [0.15, 0.2) is 24.3 Å². The molecule has 0 unspecified atom stereocenters. The van der Waals surface area contributed by atoms with Crippen LogP contribution >= 0.6 is 0 Å². The Morgan fingerprint density at radius 1 is 1.15 bits per heavy atom. The van der Waals surface area contributed by atoms with Crippen molar-refractivity contribution in [3.63, 3.8) is 0 Å². The molecular formula is C16H22N4. The first-order valence-electron chi connectivity index (χ1n) is 7.28. The summed E-state index contributed by atoms with van der Waals surface area (Å²) in [5.41, 5.74) is 4.81. The van der Waals surface area contributed by atoms with Crippen molar-refractivity contribution in [3.8, 4) is 11.4 Å². The molecule has 2 heterocycles. The number of piperazine rings is 1. The molecule has 106 valence electrons. The average Bonchev–Trinajstić information content (AvgIpc) is 2.81. The molecule has 2 aromatic rings. The molecule has 0 amide bonds. The summed E-state index contributed by atoms with van der Waals surface area (Å²) in [6.45, 7) is 9.55. The first-order chi connectivity index (χ1) is 9.74. The van der Waals surface area contributed by atoms with Crippen molar-refractivity contribution in [2.75, 3.05) is 26.2 Å². The molecule has 1 fully saturated rings. The largest absolute Gasteiger partial charge is 0.342 e. The van der Waals surface area contributed by atoms with Gasteiger partial charge in [-0.1, -0.05) is 24.3 Å². The van der Waals surface area contributed by atoms with E-state index in [-0.39, 0.29) is 0 Å². The summed E-state index contributed by atoms with van der Waals surface area (Å²) in [6, 6.07) is 8.39. The third-order valence-electron chi connectivity index (χ3n) is 3.97. The fourth-order valence-electron chi connectivity index (χ4n) is 2.70. The van der Waals surface area contributed by atoms with Gasteiger partial charge in [-0.3, -0.25) is 4.90 Å². The molecular weight excluding hydrogens is 248 g/mol. The van der Waals surface area contributed by atoms with Crippen LogP contribution in [0.5, 0.6) is 0 Å². The maximum absolute atomic E-state index is 4.82. The molecule has 0 spiro atoms. The highest BCUT2D eigenvalue weighted by Crippen LogP contribution is 2.22. The van der Waals surface area contributed by atoms with Crippen molar-refractivity contribution in [2.45, 2.75) is 20.4 Å². The van der Waals surface area contributed by atoms with Crippen LogP contribution in [0.2, 0.25) is 0 Å². The van der Waals surface area contributed by atoms with E-state index in [0.717, 1.165) is 38.5 Å². The molecule has 20 heavy (non-hydrogen) atoms. The first-order valence-corrected chi connectivity index (χ1v) is 7.28. The van der Waals surface area contributed by atoms with Crippen molar-refractivity contribution in [3.05, 3.63) is 41.2 Å². The van der Waals surface area contributed by atoms with Crippen LogP contribution in [-0.4, -0.2) is 41.0 Å². The highest BCUT2D eigenvalue weighted by molar-refractivity contribution is 5.60. The van der Waals surface area contributed by atoms with Gasteiger partial charge in [0.2, 0.25) is 0 Å². The zero-order valence-corrected chi connectivity index (χ0v) is 12.2. The Kier molecular flexibility index (Phi) is 3.85. The second kappa shape index (κ2) is 5.77. The molecule has 1 aromatic heterocycles. The lowest BCUT2D eigenvalue weighted by molar-refractivity contribution is 0.230.